The number of likely N-dealkylation sites (tertiary alicyclic amines) is 1. The lowest BCUT2D eigenvalue weighted by Gasteiger charge is -2.35. The Balaban J connectivity index is 1.43. The van der Waals surface area contributed by atoms with Gasteiger partial charge in [0.2, 0.25) is 5.91 Å². The molecule has 7 nitrogen and oxygen atoms in total. The second-order valence-electron chi connectivity index (χ2n) is 8.15. The van der Waals surface area contributed by atoms with Crippen molar-refractivity contribution < 1.29 is 28.9 Å². The summed E-state index contributed by atoms with van der Waals surface area (Å²) < 4.78 is 16.2. The van der Waals surface area contributed by atoms with Crippen LogP contribution in [0.15, 0.2) is 24.3 Å². The Hall–Kier alpha value is -2.28. The van der Waals surface area contributed by atoms with E-state index in [1.165, 1.54) is 7.11 Å². The number of esters is 1. The number of carbonyl (C=O) groups excluding carboxylic acids is 2. The highest BCUT2D eigenvalue weighted by atomic mass is 16.5. The highest BCUT2D eigenvalue weighted by Gasteiger charge is 2.60. The summed E-state index contributed by atoms with van der Waals surface area (Å²) >= 11 is 0. The Morgan fingerprint density at radius 3 is 2.32 bits per heavy atom. The van der Waals surface area contributed by atoms with E-state index in [4.69, 9.17) is 14.2 Å². The molecule has 0 bridgehead atoms. The number of fused-ring (bicyclic) bond motifs is 1. The van der Waals surface area contributed by atoms with Gasteiger partial charge in [0.15, 0.2) is 11.5 Å². The minimum absolute atomic E-state index is 0.120. The number of aliphatic hydroxyl groups is 1. The van der Waals surface area contributed by atoms with Gasteiger partial charge in [0.05, 0.1) is 20.3 Å². The first kappa shape index (κ1) is 19.1. The Morgan fingerprint density at radius 2 is 1.71 bits per heavy atom. The molecule has 1 aromatic carbocycles. The third kappa shape index (κ3) is 3.21. The summed E-state index contributed by atoms with van der Waals surface area (Å²) in [5.74, 6) is 1.18. The summed E-state index contributed by atoms with van der Waals surface area (Å²) in [5, 5.41) is 10.6. The van der Waals surface area contributed by atoms with Crippen LogP contribution in [0.1, 0.15) is 25.7 Å². The maximum absolute atomic E-state index is 12.9. The lowest BCUT2D eigenvalue weighted by molar-refractivity contribution is -0.155. The monoisotopic (exact) mass is 389 g/mol. The van der Waals surface area contributed by atoms with Crippen LogP contribution in [0.4, 0.5) is 0 Å². The molecule has 2 aliphatic carbocycles. The molecular formula is C21H27NO6. The van der Waals surface area contributed by atoms with E-state index in [2.05, 4.69) is 0 Å². The van der Waals surface area contributed by atoms with Gasteiger partial charge in [-0.3, -0.25) is 9.59 Å². The number of hydrogen-bond donors (Lipinski definition) is 1. The highest BCUT2D eigenvalue weighted by Crippen LogP contribution is 2.50. The zero-order valence-corrected chi connectivity index (χ0v) is 16.3. The number of carbonyl (C=O) groups is 2. The summed E-state index contributed by atoms with van der Waals surface area (Å²) in [7, 11) is 2.92. The molecule has 1 N–H and O–H groups in total. The van der Waals surface area contributed by atoms with Crippen molar-refractivity contribution in [2.24, 2.45) is 17.3 Å². The van der Waals surface area contributed by atoms with Gasteiger partial charge in [-0.2, -0.15) is 0 Å². The molecule has 0 radical (unpaired) electrons. The van der Waals surface area contributed by atoms with Crippen molar-refractivity contribution in [3.63, 3.8) is 0 Å². The van der Waals surface area contributed by atoms with E-state index in [1.54, 1.807) is 12.0 Å². The number of methoxy groups -OCH3 is 2. The molecule has 0 aromatic heterocycles. The van der Waals surface area contributed by atoms with Gasteiger partial charge in [0.1, 0.15) is 11.5 Å². The number of rotatable bonds is 5. The Morgan fingerprint density at radius 1 is 1.07 bits per heavy atom. The fraction of sp³-hybridized carbons (Fsp3) is 0.619. The number of amides is 1. The molecule has 1 aliphatic heterocycles. The van der Waals surface area contributed by atoms with E-state index in [-0.39, 0.29) is 23.8 Å². The van der Waals surface area contributed by atoms with Crippen molar-refractivity contribution in [3.05, 3.63) is 24.3 Å². The number of benzene rings is 1. The largest absolute Gasteiger partial charge is 0.493 e. The molecule has 0 spiro atoms. The third-order valence-corrected chi connectivity index (χ3v) is 6.46. The minimum Gasteiger partial charge on any atom is -0.493 e. The molecule has 3 aliphatic rings. The van der Waals surface area contributed by atoms with Crippen LogP contribution in [0, 0.1) is 17.3 Å². The smallest absolute Gasteiger partial charge is 0.321 e. The summed E-state index contributed by atoms with van der Waals surface area (Å²) in [6, 6.07) is 7.39. The van der Waals surface area contributed by atoms with Crippen LogP contribution in [-0.4, -0.2) is 61.4 Å². The van der Waals surface area contributed by atoms with Crippen LogP contribution in [-0.2, 0) is 14.3 Å². The van der Waals surface area contributed by atoms with Crippen molar-refractivity contribution in [3.8, 4) is 11.5 Å². The maximum atomic E-state index is 12.9. The van der Waals surface area contributed by atoms with E-state index >= 15 is 0 Å². The van der Waals surface area contributed by atoms with Gasteiger partial charge in [0, 0.05) is 13.1 Å². The van der Waals surface area contributed by atoms with Crippen molar-refractivity contribution in [2.45, 2.75) is 37.9 Å². The molecule has 28 heavy (non-hydrogen) atoms. The predicted molar refractivity (Wildman–Crippen MR) is 99.9 cm³/mol. The average Bonchev–Trinajstić information content (AvgIpc) is 3.42. The molecule has 3 fully saturated rings. The number of nitrogens with zero attached hydrogens (tertiary/aromatic N) is 1. The molecule has 0 unspecified atom stereocenters. The maximum Gasteiger partial charge on any atom is 0.321 e. The van der Waals surface area contributed by atoms with Gasteiger partial charge in [-0.1, -0.05) is 12.1 Å². The number of ether oxygens (including phenoxy) is 3. The fourth-order valence-electron chi connectivity index (χ4n) is 4.69. The molecular weight excluding hydrogens is 362 g/mol. The lowest BCUT2D eigenvalue weighted by Crippen LogP contribution is -2.42. The Labute approximate surface area is 164 Å². The Bertz CT molecular complexity index is 761. The second-order valence-corrected chi connectivity index (χ2v) is 8.15. The molecule has 2 saturated carbocycles. The van der Waals surface area contributed by atoms with Gasteiger partial charge in [-0.15, -0.1) is 0 Å². The van der Waals surface area contributed by atoms with Crippen molar-refractivity contribution in [2.75, 3.05) is 27.3 Å². The van der Waals surface area contributed by atoms with E-state index in [0.29, 0.717) is 50.3 Å². The molecule has 7 heteroatoms. The molecule has 1 heterocycles. The third-order valence-electron chi connectivity index (χ3n) is 6.46. The zero-order valence-electron chi connectivity index (χ0n) is 16.3. The number of hydrogen-bond acceptors (Lipinski definition) is 6. The van der Waals surface area contributed by atoms with Gasteiger partial charge < -0.3 is 24.2 Å². The van der Waals surface area contributed by atoms with Crippen LogP contribution < -0.4 is 9.47 Å². The normalized spacial score (nSPS) is 30.3. The van der Waals surface area contributed by atoms with Gasteiger partial charge in [0.25, 0.3) is 0 Å². The van der Waals surface area contributed by atoms with Crippen LogP contribution in [0.25, 0.3) is 0 Å². The van der Waals surface area contributed by atoms with E-state index in [0.717, 1.165) is 0 Å². The molecule has 1 aromatic rings. The first-order chi connectivity index (χ1) is 13.5. The lowest BCUT2D eigenvalue weighted by atomic mass is 9.78. The standard InChI is InChI=1S/C21H27NO6/c1-26-16-5-3-4-6-17(16)28-18-10-14-12-22(11-13(14)9-15(18)23)19(24)21(7-8-21)20(25)27-2/h3-6,13-15,18,23H,7-12H2,1-2H3/t13-,14+,15+,18+/m0/s1. The second kappa shape index (κ2) is 7.28. The summed E-state index contributed by atoms with van der Waals surface area (Å²) in [4.78, 5) is 26.7. The van der Waals surface area contributed by atoms with Crippen molar-refractivity contribution in [1.29, 1.82) is 0 Å². The van der Waals surface area contributed by atoms with Crippen molar-refractivity contribution in [1.82, 2.24) is 4.90 Å². The Kier molecular flexibility index (Phi) is 4.95. The zero-order chi connectivity index (χ0) is 19.9. The number of para-hydroxylation sites is 2. The number of aliphatic hydroxyl groups excluding tert-OH is 1. The van der Waals surface area contributed by atoms with Crippen LogP contribution in [0.5, 0.6) is 11.5 Å². The first-order valence-corrected chi connectivity index (χ1v) is 9.84. The average molecular weight is 389 g/mol. The van der Waals surface area contributed by atoms with Crippen LogP contribution >= 0.6 is 0 Å². The van der Waals surface area contributed by atoms with Crippen LogP contribution in [0.3, 0.4) is 0 Å². The fourth-order valence-corrected chi connectivity index (χ4v) is 4.69. The predicted octanol–water partition coefficient (Wildman–Crippen LogP) is 1.63. The molecule has 152 valence electrons. The molecule has 1 saturated heterocycles. The first-order valence-electron chi connectivity index (χ1n) is 9.84. The SMILES string of the molecule is COC(=O)C1(C(=O)N2C[C@H]3C[C@@H](Oc4ccccc4OC)[C@H](O)C[C@H]3C2)CC1. The molecule has 4 atom stereocenters. The topological polar surface area (TPSA) is 85.3 Å². The van der Waals surface area contributed by atoms with Gasteiger partial charge in [-0.25, -0.2) is 0 Å². The minimum atomic E-state index is -0.964. The summed E-state index contributed by atoms with van der Waals surface area (Å²) in [6.07, 6.45) is 1.43. The summed E-state index contributed by atoms with van der Waals surface area (Å²) in [6.45, 7) is 1.18. The highest BCUT2D eigenvalue weighted by molar-refractivity contribution is 6.05. The van der Waals surface area contributed by atoms with E-state index < -0.39 is 17.5 Å². The van der Waals surface area contributed by atoms with Crippen LogP contribution in [0.2, 0.25) is 0 Å². The van der Waals surface area contributed by atoms with Crippen molar-refractivity contribution >= 4 is 11.9 Å². The summed E-state index contributed by atoms with van der Waals surface area (Å²) in [5.41, 5.74) is -0.964. The quantitative estimate of drug-likeness (QED) is 0.609. The van der Waals surface area contributed by atoms with E-state index in [9.17, 15) is 14.7 Å². The van der Waals surface area contributed by atoms with Gasteiger partial charge >= 0.3 is 5.97 Å². The van der Waals surface area contributed by atoms with Gasteiger partial charge in [-0.05, 0) is 49.7 Å². The molecule has 1 amide bonds. The molecule has 4 rings (SSSR count). The van der Waals surface area contributed by atoms with E-state index in [1.807, 2.05) is 24.3 Å².